The second kappa shape index (κ2) is 5.03. The van der Waals surface area contributed by atoms with Gasteiger partial charge in [0.25, 0.3) is 0 Å². The first-order valence-electron chi connectivity index (χ1n) is 5.39. The Morgan fingerprint density at radius 1 is 1.00 bits per heavy atom. The van der Waals surface area contributed by atoms with E-state index in [1.54, 1.807) is 0 Å². The molecule has 98 valence electrons. The van der Waals surface area contributed by atoms with Crippen molar-refractivity contribution >= 4 is 12.6 Å². The van der Waals surface area contributed by atoms with E-state index in [0.717, 1.165) is 6.07 Å². The molecule has 2 aromatic rings. The standard InChI is InChI=1S/C12H9BF3NO2/c14-12(15,16)9-5-2-1-4-8(9)11-10(13(18)19)6-3-7-17-11/h1-7,18-19H. The molecule has 0 atom stereocenters. The molecule has 1 aromatic carbocycles. The third kappa shape index (κ3) is 2.77. The van der Waals surface area contributed by atoms with Crippen molar-refractivity contribution in [2.24, 2.45) is 0 Å². The second-order valence-corrected chi connectivity index (χ2v) is 3.86. The van der Waals surface area contributed by atoms with Crippen LogP contribution in [0.1, 0.15) is 5.56 Å². The summed E-state index contributed by atoms with van der Waals surface area (Å²) in [5, 5.41) is 18.4. The first-order valence-corrected chi connectivity index (χ1v) is 5.39. The molecule has 2 rings (SSSR count). The molecular weight excluding hydrogens is 258 g/mol. The molecule has 0 aliphatic rings. The third-order valence-corrected chi connectivity index (χ3v) is 2.60. The van der Waals surface area contributed by atoms with Crippen molar-refractivity contribution in [1.82, 2.24) is 4.98 Å². The minimum absolute atomic E-state index is 0.0702. The Hall–Kier alpha value is -1.86. The van der Waals surface area contributed by atoms with Crippen LogP contribution in [0, 0.1) is 0 Å². The molecule has 1 aromatic heterocycles. The van der Waals surface area contributed by atoms with Gasteiger partial charge in [-0.15, -0.1) is 0 Å². The molecule has 19 heavy (non-hydrogen) atoms. The molecule has 0 unspecified atom stereocenters. The normalized spacial score (nSPS) is 11.4. The highest BCUT2D eigenvalue weighted by Gasteiger charge is 2.34. The Morgan fingerprint density at radius 3 is 2.32 bits per heavy atom. The number of rotatable bonds is 2. The highest BCUT2D eigenvalue weighted by Crippen LogP contribution is 2.35. The first-order chi connectivity index (χ1) is 8.91. The molecule has 0 amide bonds. The van der Waals surface area contributed by atoms with Crippen molar-refractivity contribution in [3.63, 3.8) is 0 Å². The fourth-order valence-corrected chi connectivity index (χ4v) is 1.79. The zero-order valence-electron chi connectivity index (χ0n) is 9.59. The van der Waals surface area contributed by atoms with Crippen LogP contribution in [0.2, 0.25) is 0 Å². The lowest BCUT2D eigenvalue weighted by atomic mass is 9.77. The van der Waals surface area contributed by atoms with E-state index in [2.05, 4.69) is 4.98 Å². The van der Waals surface area contributed by atoms with Gasteiger partial charge in [-0.3, -0.25) is 4.98 Å². The number of hydrogen-bond donors (Lipinski definition) is 2. The van der Waals surface area contributed by atoms with E-state index in [0.29, 0.717) is 0 Å². The summed E-state index contributed by atoms with van der Waals surface area (Å²) in [5.41, 5.74) is -1.21. The molecule has 3 nitrogen and oxygen atoms in total. The minimum Gasteiger partial charge on any atom is -0.423 e. The number of aromatic nitrogens is 1. The van der Waals surface area contributed by atoms with Gasteiger partial charge in [0.1, 0.15) is 0 Å². The monoisotopic (exact) mass is 267 g/mol. The topological polar surface area (TPSA) is 53.4 Å². The summed E-state index contributed by atoms with van der Waals surface area (Å²) in [6, 6.07) is 7.63. The number of benzene rings is 1. The molecule has 0 bridgehead atoms. The average Bonchev–Trinajstić information content (AvgIpc) is 2.37. The summed E-state index contributed by atoms with van der Waals surface area (Å²) < 4.78 is 38.7. The van der Waals surface area contributed by atoms with Gasteiger partial charge in [-0.2, -0.15) is 13.2 Å². The van der Waals surface area contributed by atoms with Crippen molar-refractivity contribution in [1.29, 1.82) is 0 Å². The fraction of sp³-hybridized carbons (Fsp3) is 0.0833. The van der Waals surface area contributed by atoms with E-state index in [4.69, 9.17) is 0 Å². The predicted octanol–water partition coefficient (Wildman–Crippen LogP) is 1.45. The number of pyridine rings is 1. The molecular formula is C12H9BF3NO2. The molecule has 0 saturated heterocycles. The van der Waals surface area contributed by atoms with E-state index < -0.39 is 18.9 Å². The molecule has 2 N–H and O–H groups in total. The van der Waals surface area contributed by atoms with Crippen molar-refractivity contribution in [3.05, 3.63) is 48.2 Å². The highest BCUT2D eigenvalue weighted by molar-refractivity contribution is 6.60. The smallest absolute Gasteiger partial charge is 0.423 e. The van der Waals surface area contributed by atoms with Crippen molar-refractivity contribution in [2.75, 3.05) is 0 Å². The number of alkyl halides is 3. The van der Waals surface area contributed by atoms with Crippen LogP contribution in [-0.2, 0) is 6.18 Å². The van der Waals surface area contributed by atoms with Gasteiger partial charge in [0.2, 0.25) is 0 Å². The van der Waals surface area contributed by atoms with Gasteiger partial charge in [0, 0.05) is 17.2 Å². The van der Waals surface area contributed by atoms with Gasteiger partial charge in [-0.1, -0.05) is 24.3 Å². The van der Waals surface area contributed by atoms with Crippen molar-refractivity contribution in [2.45, 2.75) is 6.18 Å². The predicted molar refractivity (Wildman–Crippen MR) is 64.5 cm³/mol. The average molecular weight is 267 g/mol. The zero-order valence-corrected chi connectivity index (χ0v) is 9.59. The Morgan fingerprint density at radius 2 is 1.68 bits per heavy atom. The molecule has 1 heterocycles. The molecule has 0 fully saturated rings. The Bertz CT molecular complexity index is 587. The van der Waals surface area contributed by atoms with Crippen LogP contribution in [-0.4, -0.2) is 22.2 Å². The van der Waals surface area contributed by atoms with Gasteiger partial charge < -0.3 is 10.0 Å². The quantitative estimate of drug-likeness (QED) is 0.809. The summed E-state index contributed by atoms with van der Waals surface area (Å²) >= 11 is 0. The summed E-state index contributed by atoms with van der Waals surface area (Å²) in [6.45, 7) is 0. The second-order valence-electron chi connectivity index (χ2n) is 3.86. The van der Waals surface area contributed by atoms with Crippen LogP contribution in [0.25, 0.3) is 11.3 Å². The van der Waals surface area contributed by atoms with Gasteiger partial charge >= 0.3 is 13.3 Å². The van der Waals surface area contributed by atoms with Crippen LogP contribution >= 0.6 is 0 Å². The summed E-state index contributed by atoms with van der Waals surface area (Å²) in [5.74, 6) is 0. The molecule has 0 aliphatic heterocycles. The highest BCUT2D eigenvalue weighted by atomic mass is 19.4. The van der Waals surface area contributed by atoms with E-state index in [1.807, 2.05) is 0 Å². The van der Waals surface area contributed by atoms with Gasteiger partial charge in [0.15, 0.2) is 0 Å². The zero-order chi connectivity index (χ0) is 14.0. The van der Waals surface area contributed by atoms with E-state index in [-0.39, 0.29) is 16.7 Å². The lowest BCUT2D eigenvalue weighted by molar-refractivity contribution is -0.137. The van der Waals surface area contributed by atoms with Crippen LogP contribution in [0.5, 0.6) is 0 Å². The summed E-state index contributed by atoms with van der Waals surface area (Å²) in [6.07, 6.45) is -3.24. The van der Waals surface area contributed by atoms with Crippen molar-refractivity contribution in [3.8, 4) is 11.3 Å². The fourth-order valence-electron chi connectivity index (χ4n) is 1.79. The van der Waals surface area contributed by atoms with Crippen LogP contribution in [0.15, 0.2) is 42.6 Å². The van der Waals surface area contributed by atoms with Crippen LogP contribution in [0.3, 0.4) is 0 Å². The van der Waals surface area contributed by atoms with E-state index in [1.165, 1.54) is 36.5 Å². The lowest BCUT2D eigenvalue weighted by Gasteiger charge is -2.14. The maximum atomic E-state index is 12.9. The van der Waals surface area contributed by atoms with Gasteiger partial charge in [-0.25, -0.2) is 0 Å². The maximum absolute atomic E-state index is 12.9. The molecule has 0 spiro atoms. The van der Waals surface area contributed by atoms with Crippen LogP contribution in [0.4, 0.5) is 13.2 Å². The van der Waals surface area contributed by atoms with E-state index >= 15 is 0 Å². The number of nitrogens with zero attached hydrogens (tertiary/aromatic N) is 1. The number of halogens is 3. The molecule has 0 saturated carbocycles. The Kier molecular flexibility index (Phi) is 3.59. The largest absolute Gasteiger partial charge is 0.490 e. The van der Waals surface area contributed by atoms with Gasteiger partial charge in [-0.05, 0) is 12.1 Å². The number of hydrogen-bond acceptors (Lipinski definition) is 3. The molecule has 0 radical (unpaired) electrons. The summed E-state index contributed by atoms with van der Waals surface area (Å²) in [4.78, 5) is 3.82. The van der Waals surface area contributed by atoms with Crippen LogP contribution < -0.4 is 5.46 Å². The van der Waals surface area contributed by atoms with Crippen molar-refractivity contribution < 1.29 is 23.2 Å². The lowest BCUT2D eigenvalue weighted by Crippen LogP contribution is -2.32. The summed E-state index contributed by atoms with van der Waals surface area (Å²) in [7, 11) is -1.88. The minimum atomic E-state index is -4.54. The Balaban J connectivity index is 2.67. The first kappa shape index (κ1) is 13.6. The molecule has 0 aliphatic carbocycles. The third-order valence-electron chi connectivity index (χ3n) is 2.60. The van der Waals surface area contributed by atoms with Gasteiger partial charge in [0.05, 0.1) is 11.3 Å². The molecule has 7 heteroatoms. The SMILES string of the molecule is OB(O)c1cccnc1-c1ccccc1C(F)(F)F. The maximum Gasteiger partial charge on any atom is 0.490 e. The Labute approximate surface area is 107 Å². The van der Waals surface area contributed by atoms with E-state index in [9.17, 15) is 23.2 Å².